The van der Waals surface area contributed by atoms with Crippen molar-refractivity contribution in [2.24, 2.45) is 13.0 Å². The molecule has 3 fully saturated rings. The number of aryl methyl sites for hydroxylation is 2. The van der Waals surface area contributed by atoms with Gasteiger partial charge in [-0.05, 0) is 50.8 Å². The molecule has 0 amide bonds. The van der Waals surface area contributed by atoms with Crippen LogP contribution < -0.4 is 10.6 Å². The van der Waals surface area contributed by atoms with Gasteiger partial charge >= 0.3 is 11.9 Å². The summed E-state index contributed by atoms with van der Waals surface area (Å²) in [5.41, 5.74) is 0.410. The molecule has 2 saturated heterocycles. The summed E-state index contributed by atoms with van der Waals surface area (Å²) in [4.78, 5) is 26.4. The van der Waals surface area contributed by atoms with Crippen molar-refractivity contribution in [1.29, 1.82) is 0 Å². The highest BCUT2D eigenvalue weighted by Crippen LogP contribution is 2.51. The number of aliphatic hydroxyl groups is 1. The van der Waals surface area contributed by atoms with Crippen molar-refractivity contribution in [3.8, 4) is 0 Å². The van der Waals surface area contributed by atoms with Gasteiger partial charge in [0.05, 0.1) is 18.2 Å². The highest BCUT2D eigenvalue weighted by molar-refractivity contribution is 5.84. The van der Waals surface area contributed by atoms with Crippen LogP contribution in [0.3, 0.4) is 0 Å². The number of imidazole rings is 1. The van der Waals surface area contributed by atoms with Gasteiger partial charge in [0.2, 0.25) is 5.92 Å². The van der Waals surface area contributed by atoms with Crippen molar-refractivity contribution >= 4 is 17.0 Å². The first kappa shape index (κ1) is 30.9. The van der Waals surface area contributed by atoms with E-state index in [-0.39, 0.29) is 24.9 Å². The van der Waals surface area contributed by atoms with Gasteiger partial charge in [-0.2, -0.15) is 18.2 Å². The monoisotopic (exact) mass is 624 g/mol. The smallest absolute Gasteiger partial charge is 0.390 e. The number of halogens is 5. The minimum atomic E-state index is -4.49. The Balaban J connectivity index is 1.32. The molecule has 1 aliphatic carbocycles. The normalized spacial score (nSPS) is 27.2. The summed E-state index contributed by atoms with van der Waals surface area (Å²) in [5, 5.41) is 10.3. The van der Waals surface area contributed by atoms with Crippen LogP contribution in [0.25, 0.3) is 11.2 Å². The minimum absolute atomic E-state index is 0.209. The maximum atomic E-state index is 14.1. The Labute approximate surface area is 251 Å². The van der Waals surface area contributed by atoms with E-state index in [1.807, 2.05) is 30.2 Å². The summed E-state index contributed by atoms with van der Waals surface area (Å²) in [7, 11) is 1.62. The second-order valence-corrected chi connectivity index (χ2v) is 12.6. The number of rotatable bonds is 6. The van der Waals surface area contributed by atoms with Crippen LogP contribution in [0.4, 0.5) is 27.8 Å². The van der Waals surface area contributed by atoms with Crippen LogP contribution >= 0.6 is 0 Å². The van der Waals surface area contributed by atoms with E-state index in [4.69, 9.17) is 9.72 Å². The van der Waals surface area contributed by atoms with Crippen LogP contribution in [0, 0.1) is 12.8 Å². The second-order valence-electron chi connectivity index (χ2n) is 12.6. The Kier molecular flexibility index (Phi) is 7.77. The highest BCUT2D eigenvalue weighted by Gasteiger charge is 2.51. The lowest BCUT2D eigenvalue weighted by Crippen LogP contribution is -2.60. The first-order chi connectivity index (χ1) is 20.6. The third-order valence-electron chi connectivity index (χ3n) is 9.50. The van der Waals surface area contributed by atoms with Gasteiger partial charge in [-0.1, -0.05) is 12.1 Å². The molecule has 44 heavy (non-hydrogen) atoms. The zero-order valence-corrected chi connectivity index (χ0v) is 25.1. The highest BCUT2D eigenvalue weighted by atomic mass is 19.4. The van der Waals surface area contributed by atoms with Crippen molar-refractivity contribution in [2.45, 2.75) is 89.0 Å². The molecule has 1 aromatic carbocycles. The standard InChI is InChI=1S/C30H37F5N6O3/c1-16-14-40(26-24-27(38(4)28(43)37-26)41(18(3)36-24)15-23-22(42)9-10-44-23)17(2)13-39(16)25(20-11-29(31,32)12-20)19-5-7-21(8-6-19)30(33,34)35/h5-8,16-17,20,22-23,25,42H,9-15H2,1-4H3/t16-,17+,22+,23-,25?/m1/s1. The first-order valence-corrected chi connectivity index (χ1v) is 15.0. The van der Waals surface area contributed by atoms with Crippen LogP contribution in [-0.2, 0) is 24.5 Å². The number of ether oxygens (including phenoxy) is 1. The minimum Gasteiger partial charge on any atom is -0.390 e. The number of hydrogen-bond donors (Lipinski definition) is 1. The Morgan fingerprint density at radius 2 is 1.77 bits per heavy atom. The fourth-order valence-corrected chi connectivity index (χ4v) is 7.13. The molecule has 1 N–H and O–H groups in total. The number of aliphatic hydroxyl groups excluding tert-OH is 1. The van der Waals surface area contributed by atoms with Gasteiger partial charge < -0.3 is 19.3 Å². The van der Waals surface area contributed by atoms with E-state index in [0.29, 0.717) is 61.0 Å². The zero-order valence-electron chi connectivity index (χ0n) is 25.1. The number of benzene rings is 1. The van der Waals surface area contributed by atoms with E-state index in [1.165, 1.54) is 16.7 Å². The predicted molar refractivity (Wildman–Crippen MR) is 153 cm³/mol. The van der Waals surface area contributed by atoms with E-state index in [9.17, 15) is 31.9 Å². The molecule has 14 heteroatoms. The Morgan fingerprint density at radius 3 is 2.36 bits per heavy atom. The van der Waals surface area contributed by atoms with Crippen LogP contribution in [-0.4, -0.2) is 79.0 Å². The molecular formula is C30H37F5N6O3. The van der Waals surface area contributed by atoms with E-state index < -0.39 is 47.5 Å². The lowest BCUT2D eigenvalue weighted by atomic mass is 9.73. The van der Waals surface area contributed by atoms with Gasteiger partial charge in [0.15, 0.2) is 5.82 Å². The van der Waals surface area contributed by atoms with Crippen molar-refractivity contribution < 1.29 is 31.8 Å². The molecule has 3 aliphatic rings. The maximum Gasteiger partial charge on any atom is 0.416 e. The van der Waals surface area contributed by atoms with Gasteiger partial charge in [0.1, 0.15) is 23.1 Å². The van der Waals surface area contributed by atoms with Crippen molar-refractivity contribution in [1.82, 2.24) is 24.0 Å². The number of aromatic nitrogens is 4. The van der Waals surface area contributed by atoms with E-state index >= 15 is 0 Å². The van der Waals surface area contributed by atoms with Gasteiger partial charge in [-0.15, -0.1) is 0 Å². The fraction of sp³-hybridized carbons (Fsp3) is 0.633. The SMILES string of the molecule is Cc1nc2c(N3C[C@@H](C)N(C(c4ccc(C(F)(F)F)cc4)C4CC(F)(F)C4)C[C@@H]3C)nc(=O)n(C)c2n1C[C@H]1OCC[C@@H]1O. The topological polar surface area (TPSA) is 88.7 Å². The van der Waals surface area contributed by atoms with E-state index in [0.717, 1.165) is 12.1 Å². The van der Waals surface area contributed by atoms with Crippen LogP contribution in [0.2, 0.25) is 0 Å². The fourth-order valence-electron chi connectivity index (χ4n) is 7.13. The molecule has 0 spiro atoms. The lowest BCUT2D eigenvalue weighted by Gasteiger charge is -2.52. The Bertz CT molecular complexity index is 1580. The first-order valence-electron chi connectivity index (χ1n) is 15.0. The average molecular weight is 625 g/mol. The van der Waals surface area contributed by atoms with Gasteiger partial charge in [-0.3, -0.25) is 9.47 Å². The summed E-state index contributed by atoms with van der Waals surface area (Å²) in [6, 6.07) is 3.90. The summed E-state index contributed by atoms with van der Waals surface area (Å²) in [6.07, 6.45) is -5.66. The number of anilines is 1. The molecule has 1 unspecified atom stereocenters. The molecule has 0 bridgehead atoms. The molecule has 0 radical (unpaired) electrons. The molecule has 5 atom stereocenters. The maximum absolute atomic E-state index is 14.1. The number of piperazine rings is 1. The molecule has 240 valence electrons. The van der Waals surface area contributed by atoms with E-state index in [2.05, 4.69) is 9.88 Å². The quantitative estimate of drug-likeness (QED) is 0.410. The molecule has 1 saturated carbocycles. The summed E-state index contributed by atoms with van der Waals surface area (Å²) >= 11 is 0. The molecule has 3 aromatic rings. The second kappa shape index (κ2) is 11.1. The lowest BCUT2D eigenvalue weighted by molar-refractivity contribution is -0.138. The van der Waals surface area contributed by atoms with Crippen molar-refractivity contribution in [3.63, 3.8) is 0 Å². The largest absolute Gasteiger partial charge is 0.416 e. The third kappa shape index (κ3) is 5.49. The molecule has 2 aromatic heterocycles. The van der Waals surface area contributed by atoms with E-state index in [1.54, 1.807) is 7.05 Å². The number of nitrogens with zero attached hydrogens (tertiary/aromatic N) is 6. The number of hydrogen-bond acceptors (Lipinski definition) is 7. The predicted octanol–water partition coefficient (Wildman–Crippen LogP) is 4.29. The van der Waals surface area contributed by atoms with Crippen molar-refractivity contribution in [3.05, 3.63) is 51.7 Å². The molecule has 6 rings (SSSR count). The zero-order chi connectivity index (χ0) is 31.7. The number of fused-ring (bicyclic) bond motifs is 1. The molecule has 2 aliphatic heterocycles. The van der Waals surface area contributed by atoms with Crippen molar-refractivity contribution in [2.75, 3.05) is 24.6 Å². The third-order valence-corrected chi connectivity index (χ3v) is 9.50. The van der Waals surface area contributed by atoms with Gasteiger partial charge in [-0.25, -0.2) is 18.6 Å². The Hall–Kier alpha value is -3.10. The molecule has 4 heterocycles. The summed E-state index contributed by atoms with van der Waals surface area (Å²) in [5.74, 6) is -2.15. The van der Waals surface area contributed by atoms with Crippen LogP contribution in [0.5, 0.6) is 0 Å². The van der Waals surface area contributed by atoms with Gasteiger partial charge in [0, 0.05) is 57.7 Å². The molecule has 9 nitrogen and oxygen atoms in total. The summed E-state index contributed by atoms with van der Waals surface area (Å²) < 4.78 is 77.0. The molecular weight excluding hydrogens is 587 g/mol. The van der Waals surface area contributed by atoms with Gasteiger partial charge in [0.25, 0.3) is 0 Å². The summed E-state index contributed by atoms with van der Waals surface area (Å²) in [6.45, 7) is 7.31. The average Bonchev–Trinajstić information content (AvgIpc) is 3.49. The van der Waals surface area contributed by atoms with Crippen LogP contribution in [0.15, 0.2) is 29.1 Å². The van der Waals surface area contributed by atoms with Crippen LogP contribution in [0.1, 0.15) is 56.1 Å². The Morgan fingerprint density at radius 1 is 1.09 bits per heavy atom. The number of alkyl halides is 5.